The van der Waals surface area contributed by atoms with Crippen molar-refractivity contribution in [2.75, 3.05) is 0 Å². The Morgan fingerprint density at radius 1 is 1.75 bits per heavy atom. The maximum Gasteiger partial charge on any atom is 0.333 e. The van der Waals surface area contributed by atoms with E-state index in [1.165, 1.54) is 0 Å². The van der Waals surface area contributed by atoms with Crippen molar-refractivity contribution in [3.05, 3.63) is 34.5 Å². The zero-order valence-electron chi connectivity index (χ0n) is 6.87. The van der Waals surface area contributed by atoms with Crippen LogP contribution in [0.1, 0.15) is 11.8 Å². The average Bonchev–Trinajstić information content (AvgIpc) is 2.51. The van der Waals surface area contributed by atoms with Gasteiger partial charge in [-0.05, 0) is 18.4 Å². The van der Waals surface area contributed by atoms with Crippen molar-refractivity contribution in [3.8, 4) is 0 Å². The first kappa shape index (κ1) is 9.00. The molecule has 3 heteroatoms. The summed E-state index contributed by atoms with van der Waals surface area (Å²) in [7, 11) is 0. The van der Waals surface area contributed by atoms with Crippen LogP contribution in [-0.4, -0.2) is 5.97 Å². The molecule has 0 aliphatic carbocycles. The Morgan fingerprint density at radius 3 is 3.00 bits per heavy atom. The quantitative estimate of drug-likeness (QED) is 0.530. The van der Waals surface area contributed by atoms with Gasteiger partial charge in [0, 0.05) is 10.5 Å². The molecule has 1 aromatic rings. The van der Waals surface area contributed by atoms with E-state index in [1.54, 1.807) is 18.3 Å². The SMILES string of the molecule is C=C(C)C(=O)OCc1cccs1. The van der Waals surface area contributed by atoms with Crippen molar-refractivity contribution < 1.29 is 9.53 Å². The molecule has 0 bridgehead atoms. The lowest BCUT2D eigenvalue weighted by molar-refractivity contribution is -0.140. The molecule has 0 spiro atoms. The first-order chi connectivity index (χ1) is 5.70. The van der Waals surface area contributed by atoms with Crippen molar-refractivity contribution in [3.63, 3.8) is 0 Å². The fourth-order valence-corrected chi connectivity index (χ4v) is 1.27. The summed E-state index contributed by atoms with van der Waals surface area (Å²) < 4.78 is 4.92. The summed E-state index contributed by atoms with van der Waals surface area (Å²) in [5, 5.41) is 1.95. The van der Waals surface area contributed by atoms with E-state index in [-0.39, 0.29) is 5.97 Å². The van der Waals surface area contributed by atoms with E-state index in [0.717, 1.165) is 4.88 Å². The van der Waals surface area contributed by atoms with Gasteiger partial charge >= 0.3 is 5.97 Å². The van der Waals surface area contributed by atoms with Gasteiger partial charge in [-0.15, -0.1) is 11.3 Å². The van der Waals surface area contributed by atoms with Crippen molar-refractivity contribution in [1.82, 2.24) is 0 Å². The van der Waals surface area contributed by atoms with Crippen LogP contribution in [0.25, 0.3) is 0 Å². The summed E-state index contributed by atoms with van der Waals surface area (Å²) in [4.78, 5) is 12.0. The summed E-state index contributed by atoms with van der Waals surface area (Å²) in [6.07, 6.45) is 0. The van der Waals surface area contributed by atoms with Gasteiger partial charge in [0.1, 0.15) is 6.61 Å². The van der Waals surface area contributed by atoms with Crippen LogP contribution in [0.3, 0.4) is 0 Å². The van der Waals surface area contributed by atoms with E-state index < -0.39 is 0 Å². The Bertz CT molecular complexity index is 275. The van der Waals surface area contributed by atoms with Crippen LogP contribution >= 0.6 is 11.3 Å². The highest BCUT2D eigenvalue weighted by Crippen LogP contribution is 2.10. The van der Waals surface area contributed by atoms with E-state index in [2.05, 4.69) is 6.58 Å². The molecule has 0 atom stereocenters. The first-order valence-corrected chi connectivity index (χ1v) is 4.43. The second-order valence-electron chi connectivity index (χ2n) is 2.44. The third-order valence-corrected chi connectivity index (χ3v) is 2.12. The van der Waals surface area contributed by atoms with E-state index in [4.69, 9.17) is 4.74 Å². The fraction of sp³-hybridized carbons (Fsp3) is 0.222. The number of thiophene rings is 1. The summed E-state index contributed by atoms with van der Waals surface area (Å²) in [5.41, 5.74) is 0.437. The van der Waals surface area contributed by atoms with Gasteiger partial charge in [0.15, 0.2) is 0 Å². The number of hydrogen-bond acceptors (Lipinski definition) is 3. The van der Waals surface area contributed by atoms with Gasteiger partial charge < -0.3 is 4.74 Å². The topological polar surface area (TPSA) is 26.3 Å². The van der Waals surface area contributed by atoms with Crippen molar-refractivity contribution >= 4 is 17.3 Å². The molecule has 12 heavy (non-hydrogen) atoms. The lowest BCUT2D eigenvalue weighted by Gasteiger charge is -2.00. The zero-order chi connectivity index (χ0) is 8.97. The molecule has 1 rings (SSSR count). The van der Waals surface area contributed by atoms with Crippen LogP contribution in [-0.2, 0) is 16.1 Å². The molecule has 0 radical (unpaired) electrons. The Hall–Kier alpha value is -1.09. The molecule has 0 N–H and O–H groups in total. The number of rotatable bonds is 3. The van der Waals surface area contributed by atoms with Crippen LogP contribution in [0, 0.1) is 0 Å². The number of hydrogen-bond donors (Lipinski definition) is 0. The fourth-order valence-electron chi connectivity index (χ4n) is 0.655. The van der Waals surface area contributed by atoms with E-state index in [0.29, 0.717) is 12.2 Å². The summed E-state index contributed by atoms with van der Waals surface area (Å²) in [6.45, 7) is 5.47. The second kappa shape index (κ2) is 4.07. The van der Waals surface area contributed by atoms with Gasteiger partial charge in [-0.2, -0.15) is 0 Å². The van der Waals surface area contributed by atoms with Gasteiger partial charge in [0.2, 0.25) is 0 Å². The third kappa shape index (κ3) is 2.51. The van der Waals surface area contributed by atoms with E-state index in [1.807, 2.05) is 17.5 Å². The Labute approximate surface area is 75.5 Å². The predicted molar refractivity (Wildman–Crippen MR) is 48.9 cm³/mol. The molecule has 0 amide bonds. The Balaban J connectivity index is 2.37. The van der Waals surface area contributed by atoms with Crippen LogP contribution in [0.5, 0.6) is 0 Å². The van der Waals surface area contributed by atoms with Crippen molar-refractivity contribution in [2.45, 2.75) is 13.5 Å². The Morgan fingerprint density at radius 2 is 2.50 bits per heavy atom. The van der Waals surface area contributed by atoms with Crippen LogP contribution in [0.2, 0.25) is 0 Å². The second-order valence-corrected chi connectivity index (χ2v) is 3.47. The van der Waals surface area contributed by atoms with Gasteiger partial charge in [-0.1, -0.05) is 12.6 Å². The highest BCUT2D eigenvalue weighted by atomic mass is 32.1. The predicted octanol–water partition coefficient (Wildman–Crippen LogP) is 2.37. The molecule has 1 aromatic heterocycles. The maximum absolute atomic E-state index is 10.9. The normalized spacial score (nSPS) is 9.42. The van der Waals surface area contributed by atoms with E-state index in [9.17, 15) is 4.79 Å². The number of esters is 1. The summed E-state index contributed by atoms with van der Waals surface area (Å²) in [5.74, 6) is -0.330. The van der Waals surface area contributed by atoms with Crippen molar-refractivity contribution in [2.24, 2.45) is 0 Å². The van der Waals surface area contributed by atoms with Gasteiger partial charge in [-0.25, -0.2) is 4.79 Å². The summed E-state index contributed by atoms with van der Waals surface area (Å²) in [6, 6.07) is 3.85. The molecule has 0 aliphatic heterocycles. The molecule has 1 heterocycles. The van der Waals surface area contributed by atoms with Crippen LogP contribution < -0.4 is 0 Å². The molecule has 2 nitrogen and oxygen atoms in total. The number of ether oxygens (including phenoxy) is 1. The van der Waals surface area contributed by atoms with Gasteiger partial charge in [-0.3, -0.25) is 0 Å². The molecular formula is C9H10O2S. The number of carbonyl (C=O) groups excluding carboxylic acids is 1. The summed E-state index contributed by atoms with van der Waals surface area (Å²) >= 11 is 1.57. The monoisotopic (exact) mass is 182 g/mol. The molecule has 0 saturated heterocycles. The lowest BCUT2D eigenvalue weighted by atomic mass is 10.4. The number of carbonyl (C=O) groups is 1. The lowest BCUT2D eigenvalue weighted by Crippen LogP contribution is -2.03. The minimum Gasteiger partial charge on any atom is -0.457 e. The molecule has 0 fully saturated rings. The average molecular weight is 182 g/mol. The standard InChI is InChI=1S/C9H10O2S/c1-7(2)9(10)11-6-8-4-3-5-12-8/h3-5H,1,6H2,2H3. The zero-order valence-corrected chi connectivity index (χ0v) is 7.69. The molecular weight excluding hydrogens is 172 g/mol. The molecule has 0 aromatic carbocycles. The molecule has 64 valence electrons. The minimum atomic E-state index is -0.330. The molecule has 0 saturated carbocycles. The highest BCUT2D eigenvalue weighted by molar-refractivity contribution is 7.09. The smallest absolute Gasteiger partial charge is 0.333 e. The molecule has 0 aliphatic rings. The first-order valence-electron chi connectivity index (χ1n) is 3.55. The van der Waals surface area contributed by atoms with E-state index >= 15 is 0 Å². The largest absolute Gasteiger partial charge is 0.457 e. The third-order valence-electron chi connectivity index (χ3n) is 1.27. The van der Waals surface area contributed by atoms with Crippen molar-refractivity contribution in [1.29, 1.82) is 0 Å². The Kier molecular flexibility index (Phi) is 3.05. The highest BCUT2D eigenvalue weighted by Gasteiger charge is 2.02. The van der Waals surface area contributed by atoms with Crippen LogP contribution in [0.4, 0.5) is 0 Å². The van der Waals surface area contributed by atoms with Gasteiger partial charge in [0.05, 0.1) is 0 Å². The molecule has 0 unspecified atom stereocenters. The van der Waals surface area contributed by atoms with Gasteiger partial charge in [0.25, 0.3) is 0 Å². The maximum atomic E-state index is 10.9. The van der Waals surface area contributed by atoms with Crippen LogP contribution in [0.15, 0.2) is 29.7 Å². The minimum absolute atomic E-state index is 0.330.